The predicted octanol–water partition coefficient (Wildman–Crippen LogP) is 4.65. The van der Waals surface area contributed by atoms with Gasteiger partial charge in [0.15, 0.2) is 0 Å². The van der Waals surface area contributed by atoms with Crippen molar-refractivity contribution in [3.63, 3.8) is 0 Å². The number of aromatic nitrogens is 1. The summed E-state index contributed by atoms with van der Waals surface area (Å²) in [5.74, 6) is -1.14. The fourth-order valence-corrected chi connectivity index (χ4v) is 4.17. The summed E-state index contributed by atoms with van der Waals surface area (Å²) in [4.78, 5) is 17.7. The Morgan fingerprint density at radius 3 is 2.77 bits per heavy atom. The van der Waals surface area contributed by atoms with Gasteiger partial charge in [0.25, 0.3) is 5.91 Å². The van der Waals surface area contributed by atoms with E-state index in [2.05, 4.69) is 40.3 Å². The van der Waals surface area contributed by atoms with Crippen molar-refractivity contribution < 1.29 is 13.6 Å². The summed E-state index contributed by atoms with van der Waals surface area (Å²) in [7, 11) is 0. The molecule has 0 aliphatic carbocycles. The molecular weight excluding hydrogens is 386 g/mol. The number of carbonyl (C=O) groups excluding carboxylic acids is 1. The molecule has 1 aliphatic rings. The van der Waals surface area contributed by atoms with Crippen LogP contribution in [0, 0.1) is 28.9 Å². The molecule has 0 bridgehead atoms. The summed E-state index contributed by atoms with van der Waals surface area (Å²) in [6.07, 6.45) is 1.06. The fraction of sp³-hybridized carbons (Fsp3) is 0.304. The number of benzene rings is 2. The quantitative estimate of drug-likeness (QED) is 0.604. The maximum absolute atomic E-state index is 13.3. The van der Waals surface area contributed by atoms with Gasteiger partial charge >= 0.3 is 0 Å². The zero-order valence-corrected chi connectivity index (χ0v) is 16.6. The number of hydrogen-bond acceptors (Lipinski definition) is 3. The van der Waals surface area contributed by atoms with E-state index in [4.69, 9.17) is 5.26 Å². The summed E-state index contributed by atoms with van der Waals surface area (Å²) < 4.78 is 26.7. The molecule has 4 rings (SSSR count). The lowest BCUT2D eigenvalue weighted by molar-refractivity contribution is 0.102. The maximum atomic E-state index is 13.3. The number of amides is 1. The molecule has 1 aliphatic heterocycles. The lowest BCUT2D eigenvalue weighted by Gasteiger charge is -2.20. The lowest BCUT2D eigenvalue weighted by Crippen LogP contribution is -2.22. The molecule has 1 fully saturated rings. The molecule has 2 unspecified atom stereocenters. The number of nitrogens with zero attached hydrogens (tertiary/aromatic N) is 2. The summed E-state index contributed by atoms with van der Waals surface area (Å²) in [6, 6.07) is 12.9. The van der Waals surface area contributed by atoms with Crippen LogP contribution in [0.25, 0.3) is 10.9 Å². The minimum Gasteiger partial charge on any atom is -0.351 e. The highest BCUT2D eigenvalue weighted by Crippen LogP contribution is 2.33. The van der Waals surface area contributed by atoms with Crippen LogP contribution < -0.4 is 5.32 Å². The molecule has 1 amide bonds. The standard InChI is InChI=1S/C23H22F2N4O/c1-14(16-4-6-29(13-16)7-5-26)15-2-3-21-17(8-15)9-22(28-21)23(30)27-20-11-18(24)10-19(25)12-20/h2-3,8-12,14,16,28H,4,6-7,13H2,1H3,(H,27,30). The number of nitriles is 1. The first kappa shape index (κ1) is 20.0. The van der Waals surface area contributed by atoms with E-state index < -0.39 is 17.5 Å². The Kier molecular flexibility index (Phi) is 5.51. The van der Waals surface area contributed by atoms with Crippen LogP contribution in [-0.4, -0.2) is 35.4 Å². The minimum absolute atomic E-state index is 0.0635. The van der Waals surface area contributed by atoms with Crippen molar-refractivity contribution >= 4 is 22.5 Å². The third-order valence-electron chi connectivity index (χ3n) is 5.85. The van der Waals surface area contributed by atoms with Gasteiger partial charge in [0.2, 0.25) is 0 Å². The summed E-state index contributed by atoms with van der Waals surface area (Å²) in [5.41, 5.74) is 2.39. The van der Waals surface area contributed by atoms with Crippen molar-refractivity contribution in [3.05, 3.63) is 65.4 Å². The van der Waals surface area contributed by atoms with E-state index >= 15 is 0 Å². The van der Waals surface area contributed by atoms with Crippen LogP contribution in [0.1, 0.15) is 35.3 Å². The average Bonchev–Trinajstić information content (AvgIpc) is 3.33. The number of H-pyrrole nitrogens is 1. The first-order valence-corrected chi connectivity index (χ1v) is 9.92. The summed E-state index contributed by atoms with van der Waals surface area (Å²) >= 11 is 0. The maximum Gasteiger partial charge on any atom is 0.272 e. The van der Waals surface area contributed by atoms with Crippen LogP contribution in [-0.2, 0) is 0 Å². The number of rotatable bonds is 5. The molecule has 2 heterocycles. The van der Waals surface area contributed by atoms with Crippen LogP contribution in [0.5, 0.6) is 0 Å². The van der Waals surface area contributed by atoms with Crippen molar-refractivity contribution in [1.82, 2.24) is 9.88 Å². The van der Waals surface area contributed by atoms with Gasteiger partial charge in [-0.3, -0.25) is 9.69 Å². The number of likely N-dealkylation sites (tertiary alicyclic amines) is 1. The highest BCUT2D eigenvalue weighted by molar-refractivity contribution is 6.06. The number of nitrogens with one attached hydrogen (secondary N) is 2. The van der Waals surface area contributed by atoms with Crippen LogP contribution >= 0.6 is 0 Å². The summed E-state index contributed by atoms with van der Waals surface area (Å²) in [6.45, 7) is 4.52. The SMILES string of the molecule is CC(c1ccc2[nH]c(C(=O)Nc3cc(F)cc(F)c3)cc2c1)C1CCN(CC#N)C1. The van der Waals surface area contributed by atoms with E-state index in [0.29, 0.717) is 24.1 Å². The first-order chi connectivity index (χ1) is 14.4. The molecule has 30 heavy (non-hydrogen) atoms. The zero-order valence-electron chi connectivity index (χ0n) is 16.6. The average molecular weight is 408 g/mol. The van der Waals surface area contributed by atoms with Gasteiger partial charge in [-0.1, -0.05) is 13.0 Å². The Bertz CT molecular complexity index is 1110. The second kappa shape index (κ2) is 8.25. The Morgan fingerprint density at radius 1 is 1.27 bits per heavy atom. The van der Waals surface area contributed by atoms with Crippen molar-refractivity contribution in [2.45, 2.75) is 19.3 Å². The third-order valence-corrected chi connectivity index (χ3v) is 5.85. The number of carbonyl (C=O) groups is 1. The Balaban J connectivity index is 1.51. The van der Waals surface area contributed by atoms with Crippen molar-refractivity contribution in [3.8, 4) is 6.07 Å². The van der Waals surface area contributed by atoms with E-state index in [9.17, 15) is 13.6 Å². The second-order valence-electron chi connectivity index (χ2n) is 7.87. The summed E-state index contributed by atoms with van der Waals surface area (Å²) in [5, 5.41) is 12.3. The number of fused-ring (bicyclic) bond motifs is 1. The van der Waals surface area contributed by atoms with E-state index in [1.54, 1.807) is 6.07 Å². The van der Waals surface area contributed by atoms with Crippen molar-refractivity contribution in [2.24, 2.45) is 5.92 Å². The molecular formula is C23H22F2N4O. The van der Waals surface area contributed by atoms with Crippen LogP contribution in [0.3, 0.4) is 0 Å². The smallest absolute Gasteiger partial charge is 0.272 e. The van der Waals surface area contributed by atoms with Gasteiger partial charge in [0.05, 0.1) is 12.6 Å². The normalized spacial score (nSPS) is 17.7. The van der Waals surface area contributed by atoms with E-state index in [0.717, 1.165) is 48.6 Å². The molecule has 3 aromatic rings. The van der Waals surface area contributed by atoms with E-state index in [1.165, 1.54) is 5.56 Å². The largest absolute Gasteiger partial charge is 0.351 e. The van der Waals surface area contributed by atoms with Gasteiger partial charge in [0.1, 0.15) is 17.3 Å². The topological polar surface area (TPSA) is 71.9 Å². The molecule has 2 aromatic carbocycles. The highest BCUT2D eigenvalue weighted by Gasteiger charge is 2.27. The molecule has 154 valence electrons. The monoisotopic (exact) mass is 408 g/mol. The Hall–Kier alpha value is -3.24. The molecule has 0 spiro atoms. The van der Waals surface area contributed by atoms with Gasteiger partial charge in [-0.25, -0.2) is 8.78 Å². The van der Waals surface area contributed by atoms with Crippen molar-refractivity contribution in [2.75, 3.05) is 25.0 Å². The van der Waals surface area contributed by atoms with Crippen molar-refractivity contribution in [1.29, 1.82) is 5.26 Å². The third kappa shape index (κ3) is 4.19. The van der Waals surface area contributed by atoms with Crippen LogP contribution in [0.2, 0.25) is 0 Å². The lowest BCUT2D eigenvalue weighted by atomic mass is 9.86. The van der Waals surface area contributed by atoms with E-state index in [-0.39, 0.29) is 5.69 Å². The fourth-order valence-electron chi connectivity index (χ4n) is 4.17. The number of halogens is 2. The molecule has 7 heteroatoms. The number of aromatic amines is 1. The Morgan fingerprint density at radius 2 is 2.03 bits per heavy atom. The molecule has 2 N–H and O–H groups in total. The molecule has 0 radical (unpaired) electrons. The van der Waals surface area contributed by atoms with Gasteiger partial charge in [-0.2, -0.15) is 5.26 Å². The van der Waals surface area contributed by atoms with Gasteiger partial charge in [-0.05, 0) is 60.7 Å². The molecule has 1 aromatic heterocycles. The number of hydrogen-bond donors (Lipinski definition) is 2. The zero-order chi connectivity index (χ0) is 21.3. The molecule has 0 saturated carbocycles. The predicted molar refractivity (Wildman–Crippen MR) is 111 cm³/mol. The van der Waals surface area contributed by atoms with E-state index in [1.807, 2.05) is 6.07 Å². The first-order valence-electron chi connectivity index (χ1n) is 9.92. The van der Waals surface area contributed by atoms with Gasteiger partial charge in [0, 0.05) is 29.2 Å². The number of anilines is 1. The minimum atomic E-state index is -0.749. The van der Waals surface area contributed by atoms with Crippen LogP contribution in [0.15, 0.2) is 42.5 Å². The van der Waals surface area contributed by atoms with Gasteiger partial charge < -0.3 is 10.3 Å². The second-order valence-corrected chi connectivity index (χ2v) is 7.87. The highest BCUT2D eigenvalue weighted by atomic mass is 19.1. The molecule has 5 nitrogen and oxygen atoms in total. The molecule has 2 atom stereocenters. The molecule has 1 saturated heterocycles. The van der Waals surface area contributed by atoms with Crippen LogP contribution in [0.4, 0.5) is 14.5 Å². The van der Waals surface area contributed by atoms with Gasteiger partial charge in [-0.15, -0.1) is 0 Å². The Labute approximate surface area is 173 Å².